The van der Waals surface area contributed by atoms with E-state index in [1.54, 1.807) is 18.2 Å². The number of hydrogen-bond acceptors (Lipinski definition) is 3. The summed E-state index contributed by atoms with van der Waals surface area (Å²) in [7, 11) is 0. The van der Waals surface area contributed by atoms with Crippen molar-refractivity contribution in [2.75, 3.05) is 18.0 Å². The lowest BCUT2D eigenvalue weighted by Crippen LogP contribution is -2.33. The van der Waals surface area contributed by atoms with Crippen molar-refractivity contribution in [2.24, 2.45) is 5.73 Å². The quantitative estimate of drug-likeness (QED) is 0.888. The largest absolute Gasteiger partial charge is 0.508 e. The van der Waals surface area contributed by atoms with Gasteiger partial charge in [0.05, 0.1) is 5.69 Å². The minimum atomic E-state index is -0.457. The van der Waals surface area contributed by atoms with E-state index >= 15 is 0 Å². The summed E-state index contributed by atoms with van der Waals surface area (Å²) in [5, 5.41) is 9.28. The molecule has 4 nitrogen and oxygen atoms in total. The summed E-state index contributed by atoms with van der Waals surface area (Å²) in [5.41, 5.74) is 6.10. The van der Waals surface area contributed by atoms with Gasteiger partial charge in [0.2, 0.25) is 0 Å². The van der Waals surface area contributed by atoms with Crippen LogP contribution in [-0.4, -0.2) is 24.1 Å². The smallest absolute Gasteiger partial charge is 0.258 e. The zero-order chi connectivity index (χ0) is 15.2. The second-order valence-electron chi connectivity index (χ2n) is 4.60. The van der Waals surface area contributed by atoms with Crippen LogP contribution in [0.4, 0.5) is 10.1 Å². The minimum absolute atomic E-state index is 0.0750. The van der Waals surface area contributed by atoms with Gasteiger partial charge >= 0.3 is 0 Å². The molecule has 0 saturated carbocycles. The molecule has 0 aliphatic carbocycles. The van der Waals surface area contributed by atoms with Gasteiger partial charge in [-0.05, 0) is 49.4 Å². The van der Waals surface area contributed by atoms with E-state index < -0.39 is 5.82 Å². The van der Waals surface area contributed by atoms with Crippen LogP contribution in [0.15, 0.2) is 48.5 Å². The predicted molar refractivity (Wildman–Crippen MR) is 79.9 cm³/mol. The predicted octanol–water partition coefficient (Wildman–Crippen LogP) is 2.53. The van der Waals surface area contributed by atoms with Crippen LogP contribution in [0.5, 0.6) is 5.75 Å². The number of aromatic hydroxyl groups is 1. The number of phenolic OH excluding ortho intramolecular Hbond substituents is 1. The molecule has 1 amide bonds. The van der Waals surface area contributed by atoms with Gasteiger partial charge in [-0.2, -0.15) is 0 Å². The van der Waals surface area contributed by atoms with Crippen molar-refractivity contribution >= 4 is 11.6 Å². The third-order valence-electron chi connectivity index (χ3n) is 3.09. The van der Waals surface area contributed by atoms with E-state index in [2.05, 4.69) is 0 Å². The van der Waals surface area contributed by atoms with Crippen molar-refractivity contribution < 1.29 is 14.3 Å². The van der Waals surface area contributed by atoms with Crippen LogP contribution in [0, 0.1) is 5.82 Å². The van der Waals surface area contributed by atoms with Gasteiger partial charge in [0.25, 0.3) is 5.91 Å². The van der Waals surface area contributed by atoms with Crippen LogP contribution in [0.1, 0.15) is 16.8 Å². The second-order valence-corrected chi connectivity index (χ2v) is 4.60. The Bertz CT molecular complexity index is 614. The minimum Gasteiger partial charge on any atom is -0.508 e. The molecule has 0 bridgehead atoms. The summed E-state index contributed by atoms with van der Waals surface area (Å²) in [6, 6.07) is 12.0. The van der Waals surface area contributed by atoms with Crippen molar-refractivity contribution in [1.29, 1.82) is 0 Å². The highest BCUT2D eigenvalue weighted by atomic mass is 19.1. The number of hydrogen-bond donors (Lipinski definition) is 2. The fraction of sp³-hybridized carbons (Fsp3) is 0.188. The van der Waals surface area contributed by atoms with Gasteiger partial charge in [0, 0.05) is 12.1 Å². The molecule has 2 aromatic rings. The van der Waals surface area contributed by atoms with Crippen LogP contribution in [-0.2, 0) is 0 Å². The van der Waals surface area contributed by atoms with Gasteiger partial charge in [-0.15, -0.1) is 0 Å². The molecular weight excluding hydrogens is 271 g/mol. The Hall–Kier alpha value is -2.40. The first-order valence-electron chi connectivity index (χ1n) is 6.69. The highest BCUT2D eigenvalue weighted by Gasteiger charge is 2.19. The zero-order valence-corrected chi connectivity index (χ0v) is 11.5. The number of carbonyl (C=O) groups is 1. The normalized spacial score (nSPS) is 10.4. The third-order valence-corrected chi connectivity index (χ3v) is 3.09. The van der Waals surface area contributed by atoms with Crippen LogP contribution >= 0.6 is 0 Å². The molecule has 110 valence electrons. The number of nitrogens with two attached hydrogens (primary N) is 1. The summed E-state index contributed by atoms with van der Waals surface area (Å²) in [4.78, 5) is 13.9. The van der Waals surface area contributed by atoms with Crippen LogP contribution in [0.3, 0.4) is 0 Å². The van der Waals surface area contributed by atoms with E-state index in [-0.39, 0.29) is 17.3 Å². The van der Waals surface area contributed by atoms with Gasteiger partial charge in [0.1, 0.15) is 11.6 Å². The number of phenols is 1. The Morgan fingerprint density at radius 3 is 2.43 bits per heavy atom. The van der Waals surface area contributed by atoms with E-state index in [4.69, 9.17) is 5.73 Å². The number of anilines is 1. The maximum absolute atomic E-state index is 13.9. The molecule has 0 unspecified atom stereocenters. The molecular formula is C16H17FN2O2. The molecule has 21 heavy (non-hydrogen) atoms. The third kappa shape index (κ3) is 3.58. The Morgan fingerprint density at radius 1 is 1.14 bits per heavy atom. The van der Waals surface area contributed by atoms with Crippen molar-refractivity contribution in [2.45, 2.75) is 6.42 Å². The number of amides is 1. The standard InChI is InChI=1S/C16H17FN2O2/c17-14-4-1-2-5-15(14)19(11-3-10-18)16(21)12-6-8-13(20)9-7-12/h1-2,4-9,20H,3,10-11,18H2. The van der Waals surface area contributed by atoms with E-state index in [1.165, 1.54) is 35.2 Å². The Morgan fingerprint density at radius 2 is 1.81 bits per heavy atom. The molecule has 0 aromatic heterocycles. The number of halogens is 1. The number of rotatable bonds is 5. The van der Waals surface area contributed by atoms with Gasteiger partial charge in [-0.1, -0.05) is 12.1 Å². The van der Waals surface area contributed by atoms with Crippen molar-refractivity contribution in [3.05, 3.63) is 59.9 Å². The van der Waals surface area contributed by atoms with Crippen LogP contribution in [0.25, 0.3) is 0 Å². The van der Waals surface area contributed by atoms with Crippen molar-refractivity contribution in [3.63, 3.8) is 0 Å². The molecule has 0 fully saturated rings. The number of carbonyl (C=O) groups excluding carboxylic acids is 1. The first kappa shape index (κ1) is 15.0. The summed E-state index contributed by atoms with van der Waals surface area (Å²) in [5.74, 6) is -0.707. The van der Waals surface area contributed by atoms with E-state index in [1.807, 2.05) is 0 Å². The van der Waals surface area contributed by atoms with Crippen molar-refractivity contribution in [3.8, 4) is 5.75 Å². The molecule has 0 saturated heterocycles. The number of nitrogens with zero attached hydrogens (tertiary/aromatic N) is 1. The molecule has 0 spiro atoms. The number of benzene rings is 2. The Kier molecular flexibility index (Phi) is 4.90. The highest BCUT2D eigenvalue weighted by molar-refractivity contribution is 6.06. The monoisotopic (exact) mass is 288 g/mol. The van der Waals surface area contributed by atoms with Gasteiger partial charge in [-0.25, -0.2) is 4.39 Å². The first-order valence-corrected chi connectivity index (χ1v) is 6.69. The van der Waals surface area contributed by atoms with Crippen LogP contribution in [0.2, 0.25) is 0 Å². The van der Waals surface area contributed by atoms with E-state index in [0.29, 0.717) is 25.1 Å². The summed E-state index contributed by atoms with van der Waals surface area (Å²) in [6.07, 6.45) is 0.568. The molecule has 2 aromatic carbocycles. The van der Waals surface area contributed by atoms with Gasteiger partial charge in [-0.3, -0.25) is 4.79 Å². The fourth-order valence-electron chi connectivity index (χ4n) is 2.01. The molecule has 0 radical (unpaired) electrons. The molecule has 0 aliphatic rings. The molecule has 0 aliphatic heterocycles. The summed E-state index contributed by atoms with van der Waals surface area (Å²) >= 11 is 0. The maximum atomic E-state index is 13.9. The van der Waals surface area contributed by atoms with Gasteiger partial charge < -0.3 is 15.7 Å². The zero-order valence-electron chi connectivity index (χ0n) is 11.5. The molecule has 0 heterocycles. The Labute approximate surface area is 122 Å². The molecule has 3 N–H and O–H groups in total. The number of para-hydroxylation sites is 1. The summed E-state index contributed by atoms with van der Waals surface area (Å²) < 4.78 is 13.9. The highest BCUT2D eigenvalue weighted by Crippen LogP contribution is 2.22. The SMILES string of the molecule is NCCCN(C(=O)c1ccc(O)cc1)c1ccccc1F. The lowest BCUT2D eigenvalue weighted by atomic mass is 10.1. The average molecular weight is 288 g/mol. The van der Waals surface area contributed by atoms with E-state index in [9.17, 15) is 14.3 Å². The first-order chi connectivity index (χ1) is 10.1. The lowest BCUT2D eigenvalue weighted by molar-refractivity contribution is 0.0986. The second kappa shape index (κ2) is 6.85. The van der Waals surface area contributed by atoms with Gasteiger partial charge in [0.15, 0.2) is 0 Å². The molecule has 2 rings (SSSR count). The van der Waals surface area contributed by atoms with E-state index in [0.717, 1.165) is 0 Å². The van der Waals surface area contributed by atoms with Crippen molar-refractivity contribution in [1.82, 2.24) is 0 Å². The fourth-order valence-corrected chi connectivity index (χ4v) is 2.01. The Balaban J connectivity index is 2.33. The maximum Gasteiger partial charge on any atom is 0.258 e. The summed E-state index contributed by atoms with van der Waals surface area (Å²) in [6.45, 7) is 0.741. The topological polar surface area (TPSA) is 66.6 Å². The molecule has 5 heteroatoms. The average Bonchev–Trinajstić information content (AvgIpc) is 2.50. The molecule has 0 atom stereocenters. The lowest BCUT2D eigenvalue weighted by Gasteiger charge is -2.23. The van der Waals surface area contributed by atoms with Crippen LogP contribution < -0.4 is 10.6 Å².